The fraction of sp³-hybridized carbons (Fsp3) is 0.353. The van der Waals surface area contributed by atoms with E-state index in [2.05, 4.69) is 16.4 Å². The molecule has 0 atom stereocenters. The summed E-state index contributed by atoms with van der Waals surface area (Å²) >= 11 is 0. The molecule has 1 fully saturated rings. The smallest absolute Gasteiger partial charge is 0.128 e. The molecule has 1 aromatic heterocycles. The second-order valence-electron chi connectivity index (χ2n) is 5.40. The van der Waals surface area contributed by atoms with Gasteiger partial charge in [-0.1, -0.05) is 24.3 Å². The number of aromatic nitrogens is 1. The van der Waals surface area contributed by atoms with Gasteiger partial charge in [-0.3, -0.25) is 4.98 Å². The summed E-state index contributed by atoms with van der Waals surface area (Å²) in [6, 6.07) is 11.4. The minimum absolute atomic E-state index is 0.230. The summed E-state index contributed by atoms with van der Waals surface area (Å²) in [6.45, 7) is 1.53. The fourth-order valence-corrected chi connectivity index (χ4v) is 2.08. The topological polar surface area (TPSA) is 34.1 Å². The van der Waals surface area contributed by atoms with E-state index in [9.17, 15) is 4.39 Å². The maximum absolute atomic E-state index is 13.4. The van der Waals surface area contributed by atoms with Gasteiger partial charge in [-0.15, -0.1) is 0 Å². The highest BCUT2D eigenvalue weighted by Crippen LogP contribution is 2.19. The zero-order valence-corrected chi connectivity index (χ0v) is 11.9. The Morgan fingerprint density at radius 1 is 1.14 bits per heavy atom. The van der Waals surface area contributed by atoms with Gasteiger partial charge < -0.3 is 10.1 Å². The lowest BCUT2D eigenvalue weighted by Gasteiger charge is -2.06. The lowest BCUT2D eigenvalue weighted by Crippen LogP contribution is -2.15. The molecule has 2 aromatic rings. The van der Waals surface area contributed by atoms with Crippen LogP contribution in [0.15, 0.2) is 42.6 Å². The molecule has 1 aromatic carbocycles. The third-order valence-electron chi connectivity index (χ3n) is 3.52. The van der Waals surface area contributed by atoms with Crippen molar-refractivity contribution in [3.63, 3.8) is 0 Å². The van der Waals surface area contributed by atoms with Crippen LogP contribution in [0.5, 0.6) is 0 Å². The molecule has 0 spiro atoms. The number of hydrogen-bond donors (Lipinski definition) is 1. The summed E-state index contributed by atoms with van der Waals surface area (Å²) in [5.74, 6) is -0.230. The van der Waals surface area contributed by atoms with E-state index in [0.29, 0.717) is 18.2 Å². The van der Waals surface area contributed by atoms with E-state index >= 15 is 0 Å². The summed E-state index contributed by atoms with van der Waals surface area (Å²) in [5.41, 5.74) is 2.61. The molecule has 110 valence electrons. The van der Waals surface area contributed by atoms with Gasteiger partial charge >= 0.3 is 0 Å². The highest BCUT2D eigenvalue weighted by Gasteiger charge is 2.19. The fourth-order valence-electron chi connectivity index (χ4n) is 2.08. The zero-order valence-electron chi connectivity index (χ0n) is 11.9. The van der Waals surface area contributed by atoms with Crippen LogP contribution in [0.3, 0.4) is 0 Å². The van der Waals surface area contributed by atoms with Crippen molar-refractivity contribution >= 4 is 0 Å². The van der Waals surface area contributed by atoms with Gasteiger partial charge in [-0.25, -0.2) is 4.39 Å². The van der Waals surface area contributed by atoms with Crippen molar-refractivity contribution in [2.45, 2.75) is 38.6 Å². The molecular formula is C17H19FN2O. The van der Waals surface area contributed by atoms with E-state index in [0.717, 1.165) is 12.2 Å². The molecule has 3 nitrogen and oxygen atoms in total. The van der Waals surface area contributed by atoms with Crippen molar-refractivity contribution in [2.75, 3.05) is 0 Å². The molecule has 0 amide bonds. The quantitative estimate of drug-likeness (QED) is 0.849. The zero-order chi connectivity index (χ0) is 14.5. The number of nitrogens with zero attached hydrogens (tertiary/aromatic N) is 1. The first-order valence-corrected chi connectivity index (χ1v) is 7.29. The Morgan fingerprint density at radius 2 is 2.00 bits per heavy atom. The summed E-state index contributed by atoms with van der Waals surface area (Å²) in [6.07, 6.45) is 4.45. The van der Waals surface area contributed by atoms with Gasteiger partial charge in [0.2, 0.25) is 0 Å². The van der Waals surface area contributed by atoms with Crippen LogP contribution >= 0.6 is 0 Å². The first kappa shape index (κ1) is 14.2. The monoisotopic (exact) mass is 286 g/mol. The summed E-state index contributed by atoms with van der Waals surface area (Å²) in [4.78, 5) is 4.37. The molecule has 1 N–H and O–H groups in total. The summed E-state index contributed by atoms with van der Waals surface area (Å²) in [7, 11) is 0. The number of hydrogen-bond acceptors (Lipinski definition) is 3. The van der Waals surface area contributed by atoms with Crippen molar-refractivity contribution in [3.8, 4) is 0 Å². The molecule has 0 bridgehead atoms. The van der Waals surface area contributed by atoms with Crippen LogP contribution < -0.4 is 5.32 Å². The lowest BCUT2D eigenvalue weighted by molar-refractivity contribution is 0.102. The number of pyridine rings is 1. The Labute approximate surface area is 124 Å². The number of nitrogens with one attached hydrogen (secondary N) is 1. The molecular weight excluding hydrogens is 267 g/mol. The van der Waals surface area contributed by atoms with Gasteiger partial charge in [-0.05, 0) is 30.5 Å². The molecule has 1 heterocycles. The van der Waals surface area contributed by atoms with Crippen molar-refractivity contribution < 1.29 is 9.13 Å². The molecule has 4 heteroatoms. The van der Waals surface area contributed by atoms with Crippen LogP contribution in [0.1, 0.15) is 29.7 Å². The Bertz CT molecular complexity index is 582. The van der Waals surface area contributed by atoms with Crippen molar-refractivity contribution in [1.82, 2.24) is 10.3 Å². The second-order valence-corrected chi connectivity index (χ2v) is 5.40. The first-order valence-electron chi connectivity index (χ1n) is 7.29. The number of halogens is 1. The van der Waals surface area contributed by atoms with Gasteiger partial charge in [-0.2, -0.15) is 0 Å². The van der Waals surface area contributed by atoms with Crippen molar-refractivity contribution in [3.05, 3.63) is 65.2 Å². The molecule has 0 aliphatic heterocycles. The van der Waals surface area contributed by atoms with Crippen LogP contribution in [0, 0.1) is 5.82 Å². The van der Waals surface area contributed by atoms with E-state index in [1.54, 1.807) is 12.1 Å². The largest absolute Gasteiger partial charge is 0.370 e. The number of ether oxygens (including phenoxy) is 1. The lowest BCUT2D eigenvalue weighted by atomic mass is 10.2. The van der Waals surface area contributed by atoms with Crippen LogP contribution in [-0.2, 0) is 24.5 Å². The van der Waals surface area contributed by atoms with E-state index in [1.807, 2.05) is 18.3 Å². The average molecular weight is 286 g/mol. The highest BCUT2D eigenvalue weighted by molar-refractivity contribution is 5.16. The van der Waals surface area contributed by atoms with Crippen LogP contribution in [0.4, 0.5) is 4.39 Å². The van der Waals surface area contributed by atoms with E-state index in [-0.39, 0.29) is 12.4 Å². The number of benzene rings is 1. The predicted molar refractivity (Wildman–Crippen MR) is 79.0 cm³/mol. The second kappa shape index (κ2) is 6.78. The summed E-state index contributed by atoms with van der Waals surface area (Å²) in [5, 5.41) is 3.45. The van der Waals surface area contributed by atoms with E-state index in [1.165, 1.54) is 24.5 Å². The van der Waals surface area contributed by atoms with Crippen LogP contribution in [0.25, 0.3) is 0 Å². The number of rotatable bonds is 7. The van der Waals surface area contributed by atoms with Crippen molar-refractivity contribution in [1.29, 1.82) is 0 Å². The maximum atomic E-state index is 13.4. The SMILES string of the molecule is Fc1ccccc1COCc1ccc(CNC2CC2)cn1. The normalized spacial score (nSPS) is 14.3. The Kier molecular flexibility index (Phi) is 4.58. The first-order chi connectivity index (χ1) is 10.3. The molecule has 3 rings (SSSR count). The summed E-state index contributed by atoms with van der Waals surface area (Å²) < 4.78 is 18.9. The van der Waals surface area contributed by atoms with Crippen LogP contribution in [-0.4, -0.2) is 11.0 Å². The third-order valence-corrected chi connectivity index (χ3v) is 3.52. The van der Waals surface area contributed by atoms with Gasteiger partial charge in [0.15, 0.2) is 0 Å². The molecule has 0 saturated heterocycles. The Balaban J connectivity index is 1.45. The molecule has 21 heavy (non-hydrogen) atoms. The maximum Gasteiger partial charge on any atom is 0.128 e. The van der Waals surface area contributed by atoms with Gasteiger partial charge in [0.1, 0.15) is 5.82 Å². The van der Waals surface area contributed by atoms with E-state index < -0.39 is 0 Å². The molecule has 1 aliphatic carbocycles. The Morgan fingerprint density at radius 3 is 2.71 bits per heavy atom. The van der Waals surface area contributed by atoms with Crippen molar-refractivity contribution in [2.24, 2.45) is 0 Å². The predicted octanol–water partition coefficient (Wildman–Crippen LogP) is 3.19. The Hall–Kier alpha value is -1.78. The van der Waals surface area contributed by atoms with Gasteiger partial charge in [0.05, 0.1) is 18.9 Å². The van der Waals surface area contributed by atoms with Crippen LogP contribution in [0.2, 0.25) is 0 Å². The molecule has 1 saturated carbocycles. The van der Waals surface area contributed by atoms with E-state index in [4.69, 9.17) is 4.74 Å². The molecule has 0 unspecified atom stereocenters. The minimum atomic E-state index is -0.230. The molecule has 0 radical (unpaired) electrons. The molecule has 1 aliphatic rings. The minimum Gasteiger partial charge on any atom is -0.370 e. The highest BCUT2D eigenvalue weighted by atomic mass is 19.1. The average Bonchev–Trinajstić information content (AvgIpc) is 3.33. The van der Waals surface area contributed by atoms with Gasteiger partial charge in [0.25, 0.3) is 0 Å². The van der Waals surface area contributed by atoms with Gasteiger partial charge in [0, 0.05) is 24.3 Å². The standard InChI is InChI=1S/C17H19FN2O/c18-17-4-2-1-3-14(17)11-21-12-16-6-5-13(10-20-16)9-19-15-7-8-15/h1-6,10,15,19H,7-9,11-12H2. The third kappa shape index (κ3) is 4.34.